The molecule has 0 bridgehead atoms. The third-order valence-electron chi connectivity index (χ3n) is 1.09. The molecule has 0 saturated carbocycles. The van der Waals surface area contributed by atoms with Crippen molar-refractivity contribution in [1.29, 1.82) is 0 Å². The van der Waals surface area contributed by atoms with Crippen molar-refractivity contribution in [2.24, 2.45) is 5.73 Å². The van der Waals surface area contributed by atoms with Gasteiger partial charge in [-0.15, -0.1) is 0 Å². The predicted octanol–water partition coefficient (Wildman–Crippen LogP) is 0.209. The van der Waals surface area contributed by atoms with E-state index in [2.05, 4.69) is 0 Å². The molecule has 1 radical (unpaired) electrons. The first kappa shape index (κ1) is 13.1. The number of carboxylic acid groups (broad SMARTS) is 1. The molecule has 0 spiro atoms. The van der Waals surface area contributed by atoms with Crippen molar-refractivity contribution in [1.82, 2.24) is 0 Å². The second-order valence-corrected chi connectivity index (χ2v) is 1.99. The summed E-state index contributed by atoms with van der Waals surface area (Å²) in [6.07, 6.45) is 2.91. The van der Waals surface area contributed by atoms with Crippen molar-refractivity contribution in [3.8, 4) is 0 Å². The third kappa shape index (κ3) is 11.3. The monoisotopic (exact) mass is 154 g/mol. The number of carboxylic acids is 1. The minimum Gasteiger partial charge on any atom is -0.481 e. The van der Waals surface area contributed by atoms with Gasteiger partial charge in [-0.3, -0.25) is 4.79 Å². The number of rotatable bonds is 5. The minimum absolute atomic E-state index is 0. The molecular formula is C6H13NNaO2. The molecule has 0 aromatic heterocycles. The van der Waals surface area contributed by atoms with Crippen LogP contribution in [0.25, 0.3) is 0 Å². The molecule has 0 heterocycles. The number of nitrogens with two attached hydrogens (primary N) is 1. The quantitative estimate of drug-likeness (QED) is 0.439. The molecule has 0 aliphatic heterocycles. The van der Waals surface area contributed by atoms with E-state index in [1.807, 2.05) is 0 Å². The molecule has 0 aromatic rings. The van der Waals surface area contributed by atoms with E-state index in [-0.39, 0.29) is 36.0 Å². The molecule has 0 aromatic carbocycles. The molecular weight excluding hydrogens is 141 g/mol. The van der Waals surface area contributed by atoms with Gasteiger partial charge in [0.2, 0.25) is 0 Å². The third-order valence-corrected chi connectivity index (χ3v) is 1.09. The minimum atomic E-state index is -0.716. The second kappa shape index (κ2) is 9.43. The maximum atomic E-state index is 9.93. The molecule has 10 heavy (non-hydrogen) atoms. The summed E-state index contributed by atoms with van der Waals surface area (Å²) in [6.45, 7) is 0.666. The van der Waals surface area contributed by atoms with Crippen LogP contribution in [0.4, 0.5) is 0 Å². The number of hydrogen-bond acceptors (Lipinski definition) is 2. The molecule has 0 saturated heterocycles. The number of aliphatic carboxylic acids is 1. The molecule has 0 aliphatic carbocycles. The van der Waals surface area contributed by atoms with Crippen LogP contribution in [-0.2, 0) is 4.79 Å². The zero-order chi connectivity index (χ0) is 7.11. The van der Waals surface area contributed by atoms with Gasteiger partial charge in [0.15, 0.2) is 0 Å². The van der Waals surface area contributed by atoms with Crippen LogP contribution in [0, 0.1) is 0 Å². The first-order valence-corrected chi connectivity index (χ1v) is 3.19. The Hall–Kier alpha value is 0.430. The number of unbranched alkanes of at least 4 members (excludes halogenated alkanes) is 2. The molecule has 0 fully saturated rings. The zero-order valence-corrected chi connectivity index (χ0v) is 8.47. The SMILES string of the molecule is NCCCCCC(=O)O.[Na]. The summed E-state index contributed by atoms with van der Waals surface area (Å²) in [5.74, 6) is -0.716. The van der Waals surface area contributed by atoms with Crippen molar-refractivity contribution in [2.45, 2.75) is 25.7 Å². The van der Waals surface area contributed by atoms with Gasteiger partial charge in [-0.2, -0.15) is 0 Å². The van der Waals surface area contributed by atoms with Crippen LogP contribution in [-0.4, -0.2) is 47.2 Å². The van der Waals surface area contributed by atoms with Crippen LogP contribution >= 0.6 is 0 Å². The van der Waals surface area contributed by atoms with Crippen molar-refractivity contribution in [3.05, 3.63) is 0 Å². The van der Waals surface area contributed by atoms with Gasteiger partial charge in [-0.25, -0.2) is 0 Å². The smallest absolute Gasteiger partial charge is 0.303 e. The zero-order valence-electron chi connectivity index (χ0n) is 6.47. The summed E-state index contributed by atoms with van der Waals surface area (Å²) in [7, 11) is 0. The maximum Gasteiger partial charge on any atom is 0.303 e. The van der Waals surface area contributed by atoms with E-state index in [9.17, 15) is 4.79 Å². The molecule has 0 rings (SSSR count). The summed E-state index contributed by atoms with van der Waals surface area (Å²) < 4.78 is 0. The van der Waals surface area contributed by atoms with Crippen molar-refractivity contribution in [2.75, 3.05) is 6.54 Å². The fourth-order valence-corrected chi connectivity index (χ4v) is 0.597. The Bertz CT molecular complexity index is 87.8. The van der Waals surface area contributed by atoms with E-state index < -0.39 is 5.97 Å². The molecule has 55 valence electrons. The van der Waals surface area contributed by atoms with Gasteiger partial charge in [0.25, 0.3) is 0 Å². The van der Waals surface area contributed by atoms with E-state index in [0.717, 1.165) is 19.3 Å². The average Bonchev–Trinajstić information content (AvgIpc) is 1.80. The van der Waals surface area contributed by atoms with Crippen LogP contribution < -0.4 is 5.73 Å². The van der Waals surface area contributed by atoms with Gasteiger partial charge in [-0.1, -0.05) is 6.42 Å². The largest absolute Gasteiger partial charge is 0.481 e. The molecule has 0 aliphatic rings. The Labute approximate surface area is 83.3 Å². The Morgan fingerprint density at radius 3 is 2.30 bits per heavy atom. The van der Waals surface area contributed by atoms with Gasteiger partial charge in [0, 0.05) is 36.0 Å². The Balaban J connectivity index is 0. The van der Waals surface area contributed by atoms with Crippen LogP contribution in [0.1, 0.15) is 25.7 Å². The Morgan fingerprint density at radius 1 is 1.30 bits per heavy atom. The van der Waals surface area contributed by atoms with Crippen LogP contribution in [0.3, 0.4) is 0 Å². The second-order valence-electron chi connectivity index (χ2n) is 1.99. The van der Waals surface area contributed by atoms with Gasteiger partial charge in [0.1, 0.15) is 0 Å². The molecule has 0 atom stereocenters. The summed E-state index contributed by atoms with van der Waals surface area (Å²) in [5, 5.41) is 8.18. The van der Waals surface area contributed by atoms with E-state index in [4.69, 9.17) is 10.8 Å². The van der Waals surface area contributed by atoms with E-state index in [1.165, 1.54) is 0 Å². The summed E-state index contributed by atoms with van der Waals surface area (Å²) in [6, 6.07) is 0. The summed E-state index contributed by atoms with van der Waals surface area (Å²) >= 11 is 0. The fraction of sp³-hybridized carbons (Fsp3) is 0.833. The number of hydrogen-bond donors (Lipinski definition) is 2. The van der Waals surface area contributed by atoms with Crippen LogP contribution in [0.15, 0.2) is 0 Å². The predicted molar refractivity (Wildman–Crippen MR) is 40.9 cm³/mol. The van der Waals surface area contributed by atoms with Crippen molar-refractivity contribution in [3.63, 3.8) is 0 Å². The van der Waals surface area contributed by atoms with E-state index in [0.29, 0.717) is 6.54 Å². The Morgan fingerprint density at radius 2 is 1.90 bits per heavy atom. The van der Waals surface area contributed by atoms with Gasteiger partial charge in [-0.05, 0) is 19.4 Å². The standard InChI is InChI=1S/C6H13NO2.Na/c7-5-3-1-2-4-6(8)9;/h1-5,7H2,(H,8,9);. The van der Waals surface area contributed by atoms with E-state index >= 15 is 0 Å². The van der Waals surface area contributed by atoms with Gasteiger partial charge >= 0.3 is 5.97 Å². The first-order chi connectivity index (χ1) is 4.27. The van der Waals surface area contributed by atoms with Gasteiger partial charge in [0.05, 0.1) is 0 Å². The summed E-state index contributed by atoms with van der Waals surface area (Å²) in [5.41, 5.74) is 5.20. The number of carbonyl (C=O) groups is 1. The van der Waals surface area contributed by atoms with Crippen LogP contribution in [0.5, 0.6) is 0 Å². The van der Waals surface area contributed by atoms with Crippen LogP contribution in [0.2, 0.25) is 0 Å². The fourth-order valence-electron chi connectivity index (χ4n) is 0.597. The topological polar surface area (TPSA) is 63.3 Å². The van der Waals surface area contributed by atoms with Crippen molar-refractivity contribution < 1.29 is 9.90 Å². The Kier molecular flexibility index (Phi) is 12.3. The first-order valence-electron chi connectivity index (χ1n) is 3.19. The molecule has 0 amide bonds. The molecule has 0 unspecified atom stereocenters. The normalized spacial score (nSPS) is 8.50. The van der Waals surface area contributed by atoms with Gasteiger partial charge < -0.3 is 10.8 Å². The molecule has 4 heteroatoms. The van der Waals surface area contributed by atoms with E-state index in [1.54, 1.807) is 0 Å². The molecule has 3 nitrogen and oxygen atoms in total. The van der Waals surface area contributed by atoms with Crippen molar-refractivity contribution >= 4 is 35.5 Å². The summed E-state index contributed by atoms with van der Waals surface area (Å²) in [4.78, 5) is 9.93. The maximum absolute atomic E-state index is 9.93. The average molecular weight is 154 g/mol. The molecule has 3 N–H and O–H groups in total.